The summed E-state index contributed by atoms with van der Waals surface area (Å²) >= 11 is 0. The summed E-state index contributed by atoms with van der Waals surface area (Å²) in [5, 5.41) is 1.32. The Morgan fingerprint density at radius 3 is 2.33 bits per heavy atom. The molecular weight excluding hydrogens is 228 g/mol. The van der Waals surface area contributed by atoms with Gasteiger partial charge in [0.05, 0.1) is 6.42 Å². The Morgan fingerprint density at radius 2 is 1.67 bits per heavy atom. The smallest absolute Gasteiger partial charge is 0.171 e. The summed E-state index contributed by atoms with van der Waals surface area (Å²) in [4.78, 5) is 35.3. The van der Waals surface area contributed by atoms with E-state index in [9.17, 15) is 14.4 Å². The molecule has 0 saturated heterocycles. The molecule has 3 nitrogen and oxygen atoms in total. The number of carbonyl (C=O) groups excluding carboxylic acids is 3. The van der Waals surface area contributed by atoms with Gasteiger partial charge in [0, 0.05) is 22.1 Å². The maximum Gasteiger partial charge on any atom is 0.171 e. The van der Waals surface area contributed by atoms with Crippen LogP contribution in [-0.2, 0) is 0 Å². The Bertz CT molecular complexity index is 706. The number of rotatable bonds is 1. The summed E-state index contributed by atoms with van der Waals surface area (Å²) in [6.45, 7) is 1.48. The van der Waals surface area contributed by atoms with Crippen LogP contribution in [-0.4, -0.2) is 17.3 Å². The Labute approximate surface area is 103 Å². The SMILES string of the molecule is CC(=O)c1ccc2c3c(cccc13)C(=O)CC2=O. The number of hydrogen-bond acceptors (Lipinski definition) is 3. The maximum atomic E-state index is 11.9. The zero-order valence-electron chi connectivity index (χ0n) is 9.82. The van der Waals surface area contributed by atoms with Crippen molar-refractivity contribution >= 4 is 28.1 Å². The van der Waals surface area contributed by atoms with Crippen LogP contribution >= 0.6 is 0 Å². The molecule has 0 aromatic heterocycles. The second-order valence-corrected chi connectivity index (χ2v) is 4.47. The predicted molar refractivity (Wildman–Crippen MR) is 67.2 cm³/mol. The van der Waals surface area contributed by atoms with E-state index >= 15 is 0 Å². The summed E-state index contributed by atoms with van der Waals surface area (Å²) in [7, 11) is 0. The Kier molecular flexibility index (Phi) is 2.17. The zero-order chi connectivity index (χ0) is 12.9. The molecule has 2 aromatic carbocycles. The standard InChI is InChI=1S/C15H10O3/c1-8(16)9-5-6-12-14(18)7-13(17)11-4-2-3-10(9)15(11)12/h2-6H,7H2,1H3. The first-order valence-corrected chi connectivity index (χ1v) is 5.72. The van der Waals surface area contributed by atoms with E-state index in [4.69, 9.17) is 0 Å². The molecule has 0 unspecified atom stereocenters. The minimum absolute atomic E-state index is 0.0656. The molecule has 3 heteroatoms. The molecule has 0 N–H and O–H groups in total. The van der Waals surface area contributed by atoms with Crippen molar-refractivity contribution in [2.75, 3.05) is 0 Å². The van der Waals surface area contributed by atoms with Crippen LogP contribution in [0.4, 0.5) is 0 Å². The highest BCUT2D eigenvalue weighted by Gasteiger charge is 2.26. The second kappa shape index (κ2) is 3.60. The minimum Gasteiger partial charge on any atom is -0.294 e. The molecular formula is C15H10O3. The Balaban J connectivity index is 2.53. The van der Waals surface area contributed by atoms with E-state index in [1.807, 2.05) is 0 Å². The summed E-state index contributed by atoms with van der Waals surface area (Å²) in [5.74, 6) is -0.401. The van der Waals surface area contributed by atoms with E-state index in [1.54, 1.807) is 30.3 Å². The Morgan fingerprint density at radius 1 is 1.00 bits per heavy atom. The summed E-state index contributed by atoms with van der Waals surface area (Å²) in [6, 6.07) is 8.56. The van der Waals surface area contributed by atoms with Crippen LogP contribution in [0.1, 0.15) is 44.4 Å². The normalized spacial score (nSPS) is 14.1. The van der Waals surface area contributed by atoms with Crippen LogP contribution in [0.3, 0.4) is 0 Å². The first kappa shape index (κ1) is 10.8. The van der Waals surface area contributed by atoms with Gasteiger partial charge < -0.3 is 0 Å². The third-order valence-corrected chi connectivity index (χ3v) is 3.34. The van der Waals surface area contributed by atoms with Crippen LogP contribution in [0.25, 0.3) is 10.8 Å². The van der Waals surface area contributed by atoms with Crippen molar-refractivity contribution in [1.82, 2.24) is 0 Å². The number of Topliss-reactive ketones (excluding diaryl/α,β-unsaturated/α-hetero) is 3. The quantitative estimate of drug-likeness (QED) is 0.567. The largest absolute Gasteiger partial charge is 0.294 e. The molecule has 0 saturated carbocycles. The van der Waals surface area contributed by atoms with E-state index in [-0.39, 0.29) is 23.8 Å². The summed E-state index contributed by atoms with van der Waals surface area (Å²) < 4.78 is 0. The molecule has 18 heavy (non-hydrogen) atoms. The molecule has 3 rings (SSSR count). The molecule has 1 aliphatic rings. The molecule has 0 amide bonds. The molecule has 0 fully saturated rings. The fraction of sp³-hybridized carbons (Fsp3) is 0.133. The van der Waals surface area contributed by atoms with Crippen LogP contribution in [0.15, 0.2) is 30.3 Å². The predicted octanol–water partition coefficient (Wildman–Crippen LogP) is 2.81. The van der Waals surface area contributed by atoms with Crippen molar-refractivity contribution < 1.29 is 14.4 Å². The highest BCUT2D eigenvalue weighted by Crippen LogP contribution is 2.31. The molecule has 0 bridgehead atoms. The average Bonchev–Trinajstić information content (AvgIpc) is 2.34. The van der Waals surface area contributed by atoms with Gasteiger partial charge >= 0.3 is 0 Å². The van der Waals surface area contributed by atoms with Crippen molar-refractivity contribution in [2.45, 2.75) is 13.3 Å². The van der Waals surface area contributed by atoms with E-state index in [2.05, 4.69) is 0 Å². The lowest BCUT2D eigenvalue weighted by molar-refractivity contribution is 0.0888. The molecule has 0 radical (unpaired) electrons. The fourth-order valence-corrected chi connectivity index (χ4v) is 2.51. The average molecular weight is 238 g/mol. The first-order valence-electron chi connectivity index (χ1n) is 5.72. The maximum absolute atomic E-state index is 11.9. The lowest BCUT2D eigenvalue weighted by Crippen LogP contribution is -2.16. The zero-order valence-corrected chi connectivity index (χ0v) is 9.82. The third kappa shape index (κ3) is 1.34. The van der Waals surface area contributed by atoms with Crippen molar-refractivity contribution in [3.05, 3.63) is 47.0 Å². The Hall–Kier alpha value is -2.29. The van der Waals surface area contributed by atoms with Crippen molar-refractivity contribution in [3.8, 4) is 0 Å². The van der Waals surface area contributed by atoms with Gasteiger partial charge in [0.15, 0.2) is 17.3 Å². The van der Waals surface area contributed by atoms with Crippen LogP contribution in [0, 0.1) is 0 Å². The number of hydrogen-bond donors (Lipinski definition) is 0. The van der Waals surface area contributed by atoms with Gasteiger partial charge in [-0.05, 0) is 12.3 Å². The van der Waals surface area contributed by atoms with Gasteiger partial charge in [-0.25, -0.2) is 0 Å². The minimum atomic E-state index is -0.168. The van der Waals surface area contributed by atoms with Gasteiger partial charge in [-0.1, -0.05) is 30.3 Å². The van der Waals surface area contributed by atoms with Crippen LogP contribution < -0.4 is 0 Å². The monoisotopic (exact) mass is 238 g/mol. The lowest BCUT2D eigenvalue weighted by atomic mass is 9.85. The van der Waals surface area contributed by atoms with E-state index in [0.717, 1.165) is 0 Å². The highest BCUT2D eigenvalue weighted by atomic mass is 16.1. The van der Waals surface area contributed by atoms with E-state index < -0.39 is 0 Å². The topological polar surface area (TPSA) is 51.2 Å². The van der Waals surface area contributed by atoms with Gasteiger partial charge in [0.25, 0.3) is 0 Å². The van der Waals surface area contributed by atoms with E-state index in [1.165, 1.54) is 6.92 Å². The van der Waals surface area contributed by atoms with Crippen molar-refractivity contribution in [1.29, 1.82) is 0 Å². The number of ketones is 3. The van der Waals surface area contributed by atoms with Gasteiger partial charge in [-0.3, -0.25) is 14.4 Å². The molecule has 0 heterocycles. The molecule has 88 valence electrons. The van der Waals surface area contributed by atoms with Crippen LogP contribution in [0.2, 0.25) is 0 Å². The number of carbonyl (C=O) groups is 3. The van der Waals surface area contributed by atoms with Crippen molar-refractivity contribution in [2.24, 2.45) is 0 Å². The molecule has 2 aromatic rings. The summed E-state index contributed by atoms with van der Waals surface area (Å²) in [5.41, 5.74) is 1.65. The van der Waals surface area contributed by atoms with Crippen LogP contribution in [0.5, 0.6) is 0 Å². The van der Waals surface area contributed by atoms with Crippen molar-refractivity contribution in [3.63, 3.8) is 0 Å². The molecule has 0 spiro atoms. The molecule has 0 aliphatic heterocycles. The lowest BCUT2D eigenvalue weighted by Gasteiger charge is -2.16. The van der Waals surface area contributed by atoms with Gasteiger partial charge in [-0.15, -0.1) is 0 Å². The molecule has 0 atom stereocenters. The first-order chi connectivity index (χ1) is 8.59. The fourth-order valence-electron chi connectivity index (χ4n) is 2.51. The van der Waals surface area contributed by atoms with Gasteiger partial charge in [-0.2, -0.15) is 0 Å². The van der Waals surface area contributed by atoms with Gasteiger partial charge in [0.1, 0.15) is 0 Å². The second-order valence-electron chi connectivity index (χ2n) is 4.47. The van der Waals surface area contributed by atoms with E-state index in [0.29, 0.717) is 27.5 Å². The molecule has 1 aliphatic carbocycles. The highest BCUT2D eigenvalue weighted by molar-refractivity contribution is 6.29. The number of benzene rings is 2. The third-order valence-electron chi connectivity index (χ3n) is 3.34. The summed E-state index contributed by atoms with van der Waals surface area (Å²) in [6.07, 6.45) is -0.0778. The van der Waals surface area contributed by atoms with Gasteiger partial charge in [0.2, 0.25) is 0 Å².